The molecule has 1 aromatic heterocycles. The predicted molar refractivity (Wildman–Crippen MR) is 125 cm³/mol. The van der Waals surface area contributed by atoms with E-state index in [2.05, 4.69) is 24.0 Å². The second-order valence-corrected chi connectivity index (χ2v) is 11.6. The maximum Gasteiger partial charge on any atom is 0.243 e. The summed E-state index contributed by atoms with van der Waals surface area (Å²) in [5.74, 6) is 1.11. The topological polar surface area (TPSA) is 88.4 Å². The Bertz CT molecular complexity index is 1050. The van der Waals surface area contributed by atoms with Crippen LogP contribution in [-0.2, 0) is 21.9 Å². The molecule has 2 aromatic rings. The molecule has 174 valence electrons. The largest absolute Gasteiger partial charge is 0.337 e. The van der Waals surface area contributed by atoms with Crippen LogP contribution < -0.4 is 0 Å². The SMILES string of the molecule is C[C@@H]1CCC[C@@H](C)N1C(=O)CSc1nnc(-c2ccc(S(=O)(=O)N3CCCC3)cc2)n1C. The first-order valence-electron chi connectivity index (χ1n) is 11.2. The van der Waals surface area contributed by atoms with Crippen LogP contribution in [0.3, 0.4) is 0 Å². The van der Waals surface area contributed by atoms with Crippen LogP contribution >= 0.6 is 11.8 Å². The second-order valence-electron chi connectivity index (χ2n) is 8.72. The van der Waals surface area contributed by atoms with Crippen LogP contribution in [0, 0.1) is 0 Å². The van der Waals surface area contributed by atoms with E-state index >= 15 is 0 Å². The van der Waals surface area contributed by atoms with Crippen molar-refractivity contribution in [2.45, 2.75) is 68.1 Å². The maximum atomic E-state index is 12.8. The van der Waals surface area contributed by atoms with Crippen LogP contribution in [0.15, 0.2) is 34.3 Å². The smallest absolute Gasteiger partial charge is 0.243 e. The molecule has 0 N–H and O–H groups in total. The number of rotatable bonds is 6. The average molecular weight is 478 g/mol. The molecule has 0 radical (unpaired) electrons. The number of likely N-dealkylation sites (tertiary alicyclic amines) is 1. The Kier molecular flexibility index (Phi) is 6.92. The van der Waals surface area contributed by atoms with E-state index in [1.165, 1.54) is 18.2 Å². The quantitative estimate of drug-likeness (QED) is 0.594. The number of amides is 1. The monoisotopic (exact) mass is 477 g/mol. The summed E-state index contributed by atoms with van der Waals surface area (Å²) in [7, 11) is -1.57. The fraction of sp³-hybridized carbons (Fsp3) is 0.591. The third-order valence-electron chi connectivity index (χ3n) is 6.46. The minimum absolute atomic E-state index is 0.135. The normalized spacial score (nSPS) is 22.4. The molecule has 1 aromatic carbocycles. The van der Waals surface area contributed by atoms with Gasteiger partial charge in [0, 0.05) is 37.8 Å². The van der Waals surface area contributed by atoms with Gasteiger partial charge >= 0.3 is 0 Å². The molecule has 0 bridgehead atoms. The summed E-state index contributed by atoms with van der Waals surface area (Å²) < 4.78 is 28.9. The lowest BCUT2D eigenvalue weighted by molar-refractivity contribution is -0.134. The van der Waals surface area contributed by atoms with Gasteiger partial charge in [0.05, 0.1) is 10.6 Å². The van der Waals surface area contributed by atoms with E-state index in [0.29, 0.717) is 34.7 Å². The van der Waals surface area contributed by atoms with Crippen molar-refractivity contribution < 1.29 is 13.2 Å². The summed E-state index contributed by atoms with van der Waals surface area (Å²) in [6, 6.07) is 7.35. The molecule has 2 aliphatic rings. The lowest BCUT2D eigenvalue weighted by atomic mass is 9.98. The van der Waals surface area contributed by atoms with Crippen molar-refractivity contribution in [2.24, 2.45) is 7.05 Å². The van der Waals surface area contributed by atoms with Crippen molar-refractivity contribution in [1.29, 1.82) is 0 Å². The summed E-state index contributed by atoms with van der Waals surface area (Å²) in [6.07, 6.45) is 5.10. The van der Waals surface area contributed by atoms with E-state index in [0.717, 1.165) is 31.2 Å². The molecular formula is C22H31N5O3S2. The van der Waals surface area contributed by atoms with Crippen molar-refractivity contribution in [3.8, 4) is 11.4 Å². The van der Waals surface area contributed by atoms with Crippen molar-refractivity contribution in [3.63, 3.8) is 0 Å². The van der Waals surface area contributed by atoms with Gasteiger partial charge in [0.2, 0.25) is 15.9 Å². The summed E-state index contributed by atoms with van der Waals surface area (Å²) in [4.78, 5) is 15.1. The zero-order valence-electron chi connectivity index (χ0n) is 18.9. The Balaban J connectivity index is 1.44. The third kappa shape index (κ3) is 4.58. The first kappa shape index (κ1) is 23.3. The van der Waals surface area contributed by atoms with Crippen molar-refractivity contribution >= 4 is 27.7 Å². The van der Waals surface area contributed by atoms with E-state index in [1.807, 2.05) is 16.5 Å². The van der Waals surface area contributed by atoms with Gasteiger partial charge < -0.3 is 9.47 Å². The molecule has 32 heavy (non-hydrogen) atoms. The van der Waals surface area contributed by atoms with Gasteiger partial charge in [0.1, 0.15) is 0 Å². The third-order valence-corrected chi connectivity index (χ3v) is 9.37. The van der Waals surface area contributed by atoms with Gasteiger partial charge in [-0.25, -0.2) is 8.42 Å². The zero-order chi connectivity index (χ0) is 22.9. The number of piperidine rings is 1. The van der Waals surface area contributed by atoms with Gasteiger partial charge in [-0.05, 0) is 70.2 Å². The minimum Gasteiger partial charge on any atom is -0.337 e. The van der Waals surface area contributed by atoms with Crippen LogP contribution in [0.5, 0.6) is 0 Å². The van der Waals surface area contributed by atoms with Gasteiger partial charge in [-0.3, -0.25) is 4.79 Å². The number of aromatic nitrogens is 3. The number of thioether (sulfide) groups is 1. The van der Waals surface area contributed by atoms with Gasteiger partial charge in [0.15, 0.2) is 11.0 Å². The first-order chi connectivity index (χ1) is 15.3. The molecule has 1 amide bonds. The molecule has 0 spiro atoms. The Morgan fingerprint density at radius 2 is 1.66 bits per heavy atom. The highest BCUT2D eigenvalue weighted by Gasteiger charge is 2.29. The summed E-state index contributed by atoms with van der Waals surface area (Å²) in [5, 5.41) is 9.21. The predicted octanol–water partition coefficient (Wildman–Crippen LogP) is 3.15. The van der Waals surface area contributed by atoms with Crippen LogP contribution in [0.1, 0.15) is 46.0 Å². The summed E-state index contributed by atoms with van der Waals surface area (Å²) >= 11 is 1.39. The highest BCUT2D eigenvalue weighted by molar-refractivity contribution is 7.99. The van der Waals surface area contributed by atoms with E-state index in [4.69, 9.17) is 0 Å². The van der Waals surface area contributed by atoms with Crippen molar-refractivity contribution in [3.05, 3.63) is 24.3 Å². The Morgan fingerprint density at radius 1 is 1.03 bits per heavy atom. The fourth-order valence-electron chi connectivity index (χ4n) is 4.66. The molecular weight excluding hydrogens is 446 g/mol. The number of nitrogens with zero attached hydrogens (tertiary/aromatic N) is 5. The molecule has 2 aliphatic heterocycles. The van der Waals surface area contributed by atoms with E-state index < -0.39 is 10.0 Å². The molecule has 10 heteroatoms. The summed E-state index contributed by atoms with van der Waals surface area (Å²) in [6.45, 7) is 5.40. The number of hydrogen-bond acceptors (Lipinski definition) is 6. The standard InChI is InChI=1S/C22H31N5O3S2/c1-16-7-6-8-17(2)27(16)20(28)15-31-22-24-23-21(25(22)3)18-9-11-19(12-10-18)32(29,30)26-13-4-5-14-26/h9-12,16-17H,4-8,13-15H2,1-3H3/t16-,17-/m1/s1. The van der Waals surface area contributed by atoms with E-state index in [1.54, 1.807) is 28.6 Å². The van der Waals surface area contributed by atoms with Gasteiger partial charge in [-0.2, -0.15) is 4.31 Å². The second kappa shape index (κ2) is 9.52. The van der Waals surface area contributed by atoms with E-state index in [9.17, 15) is 13.2 Å². The molecule has 4 rings (SSSR count). The van der Waals surface area contributed by atoms with E-state index in [-0.39, 0.29) is 18.0 Å². The first-order valence-corrected chi connectivity index (χ1v) is 13.7. The molecule has 2 saturated heterocycles. The highest BCUT2D eigenvalue weighted by Crippen LogP contribution is 2.28. The number of sulfonamides is 1. The molecule has 8 nitrogen and oxygen atoms in total. The average Bonchev–Trinajstić information content (AvgIpc) is 3.43. The molecule has 2 fully saturated rings. The molecule has 0 unspecified atom stereocenters. The molecule has 2 atom stereocenters. The Labute approximate surface area is 194 Å². The molecule has 3 heterocycles. The van der Waals surface area contributed by atoms with Gasteiger partial charge in [-0.1, -0.05) is 11.8 Å². The Morgan fingerprint density at radius 3 is 2.28 bits per heavy atom. The molecule has 0 saturated carbocycles. The van der Waals surface area contributed by atoms with Crippen LogP contribution in [-0.4, -0.2) is 69.2 Å². The Hall–Kier alpha value is -1.91. The number of carbonyl (C=O) groups excluding carboxylic acids is 1. The van der Waals surface area contributed by atoms with Crippen LogP contribution in [0.2, 0.25) is 0 Å². The number of carbonyl (C=O) groups is 1. The minimum atomic E-state index is -3.44. The molecule has 0 aliphatic carbocycles. The van der Waals surface area contributed by atoms with Gasteiger partial charge in [-0.15, -0.1) is 10.2 Å². The van der Waals surface area contributed by atoms with Crippen molar-refractivity contribution in [1.82, 2.24) is 24.0 Å². The fourth-order valence-corrected chi connectivity index (χ4v) is 6.96. The van der Waals surface area contributed by atoms with Crippen molar-refractivity contribution in [2.75, 3.05) is 18.8 Å². The van der Waals surface area contributed by atoms with Crippen LogP contribution in [0.25, 0.3) is 11.4 Å². The highest BCUT2D eigenvalue weighted by atomic mass is 32.2. The number of hydrogen-bond donors (Lipinski definition) is 0. The number of benzene rings is 1. The maximum absolute atomic E-state index is 12.8. The van der Waals surface area contributed by atoms with Gasteiger partial charge in [0.25, 0.3) is 0 Å². The lowest BCUT2D eigenvalue weighted by Gasteiger charge is -2.39. The lowest BCUT2D eigenvalue weighted by Crippen LogP contribution is -2.48. The zero-order valence-corrected chi connectivity index (χ0v) is 20.5. The van der Waals surface area contributed by atoms with Crippen LogP contribution in [0.4, 0.5) is 0 Å². The summed E-state index contributed by atoms with van der Waals surface area (Å²) in [5.41, 5.74) is 0.789.